The van der Waals surface area contributed by atoms with E-state index in [4.69, 9.17) is 14.7 Å². The fourth-order valence-corrected chi connectivity index (χ4v) is 4.56. The summed E-state index contributed by atoms with van der Waals surface area (Å²) in [7, 11) is 0. The lowest BCUT2D eigenvalue weighted by molar-refractivity contribution is -0.137. The lowest BCUT2D eigenvalue weighted by Crippen LogP contribution is -2.47. The van der Waals surface area contributed by atoms with Gasteiger partial charge in [0.1, 0.15) is 12.4 Å². The maximum absolute atomic E-state index is 13.3. The highest BCUT2D eigenvalue weighted by Gasteiger charge is 2.34. The van der Waals surface area contributed by atoms with Crippen LogP contribution in [-0.2, 0) is 17.5 Å². The molecule has 2 fully saturated rings. The van der Waals surface area contributed by atoms with Crippen LogP contribution in [0.2, 0.25) is 0 Å². The van der Waals surface area contributed by atoms with Crippen molar-refractivity contribution in [3.63, 3.8) is 0 Å². The molecule has 35 heavy (non-hydrogen) atoms. The number of hydrogen-bond donors (Lipinski definition) is 0. The topological polar surface area (TPSA) is 52.0 Å². The molecule has 2 heterocycles. The van der Waals surface area contributed by atoms with Crippen molar-refractivity contribution in [3.05, 3.63) is 58.7 Å². The van der Waals surface area contributed by atoms with Crippen molar-refractivity contribution in [1.29, 1.82) is 5.26 Å². The molecule has 0 spiro atoms. The van der Waals surface area contributed by atoms with Gasteiger partial charge in [-0.3, -0.25) is 9.80 Å². The van der Waals surface area contributed by atoms with Gasteiger partial charge in [-0.05, 0) is 42.3 Å². The monoisotopic (exact) mass is 488 g/mol. The Balaban J connectivity index is 1.24. The molecule has 0 bridgehead atoms. The summed E-state index contributed by atoms with van der Waals surface area (Å²) in [5, 5.41) is 8.99. The number of hydrogen-bond acceptors (Lipinski definition) is 6. The molecular weight excluding hydrogens is 457 g/mol. The van der Waals surface area contributed by atoms with Crippen molar-refractivity contribution in [2.24, 2.45) is 0 Å². The highest BCUT2D eigenvalue weighted by atomic mass is 19.4. The molecule has 4 rings (SSSR count). The molecular formula is C26H31F3N4O2. The molecule has 0 atom stereocenters. The van der Waals surface area contributed by atoms with Crippen molar-refractivity contribution in [3.8, 4) is 11.8 Å². The van der Waals surface area contributed by atoms with Gasteiger partial charge in [0.2, 0.25) is 0 Å². The van der Waals surface area contributed by atoms with Crippen LogP contribution in [-0.4, -0.2) is 75.4 Å². The molecule has 0 N–H and O–H groups in total. The number of aryl methyl sites for hydroxylation is 1. The summed E-state index contributed by atoms with van der Waals surface area (Å²) < 4.78 is 51.3. The maximum Gasteiger partial charge on any atom is 0.417 e. The van der Waals surface area contributed by atoms with Gasteiger partial charge in [-0.15, -0.1) is 0 Å². The first-order valence-corrected chi connectivity index (χ1v) is 11.9. The number of anilines is 1. The van der Waals surface area contributed by atoms with Crippen LogP contribution in [0.15, 0.2) is 36.4 Å². The largest absolute Gasteiger partial charge is 0.492 e. The van der Waals surface area contributed by atoms with Gasteiger partial charge < -0.3 is 14.4 Å². The molecule has 188 valence electrons. The molecule has 6 nitrogen and oxygen atoms in total. The van der Waals surface area contributed by atoms with Crippen LogP contribution in [0.1, 0.15) is 22.3 Å². The van der Waals surface area contributed by atoms with Gasteiger partial charge in [0.05, 0.1) is 30.4 Å². The summed E-state index contributed by atoms with van der Waals surface area (Å²) in [6.07, 6.45) is -4.54. The second-order valence-electron chi connectivity index (χ2n) is 9.00. The van der Waals surface area contributed by atoms with E-state index in [0.29, 0.717) is 25.4 Å². The molecule has 0 radical (unpaired) electrons. The molecule has 0 amide bonds. The molecule has 2 aromatic carbocycles. The van der Waals surface area contributed by atoms with Gasteiger partial charge >= 0.3 is 6.18 Å². The zero-order chi connectivity index (χ0) is 24.8. The third-order valence-electron chi connectivity index (χ3n) is 6.58. The molecule has 2 aliphatic heterocycles. The fourth-order valence-electron chi connectivity index (χ4n) is 4.56. The third kappa shape index (κ3) is 6.66. The molecule has 9 heteroatoms. The first kappa shape index (κ1) is 25.3. The number of ether oxygens (including phenoxy) is 2. The van der Waals surface area contributed by atoms with Crippen molar-refractivity contribution < 1.29 is 22.6 Å². The number of morpholine rings is 1. The van der Waals surface area contributed by atoms with Crippen molar-refractivity contribution in [1.82, 2.24) is 9.80 Å². The predicted octanol–water partition coefficient (Wildman–Crippen LogP) is 3.92. The summed E-state index contributed by atoms with van der Waals surface area (Å²) in [6, 6.07) is 11.9. The molecule has 2 aromatic rings. The Morgan fingerprint density at radius 1 is 0.971 bits per heavy atom. The molecule has 0 aliphatic carbocycles. The second-order valence-corrected chi connectivity index (χ2v) is 9.00. The number of piperazine rings is 1. The quantitative estimate of drug-likeness (QED) is 0.589. The van der Waals surface area contributed by atoms with E-state index in [0.717, 1.165) is 69.9 Å². The molecule has 0 aromatic heterocycles. The highest BCUT2D eigenvalue weighted by molar-refractivity contribution is 5.55. The van der Waals surface area contributed by atoms with Crippen molar-refractivity contribution in [2.75, 3.05) is 70.5 Å². The Morgan fingerprint density at radius 3 is 2.37 bits per heavy atom. The Kier molecular flexibility index (Phi) is 8.16. The molecule has 2 saturated heterocycles. The van der Waals surface area contributed by atoms with E-state index in [9.17, 15) is 13.2 Å². The Labute approximate surface area is 204 Å². The van der Waals surface area contributed by atoms with Crippen molar-refractivity contribution >= 4 is 5.69 Å². The highest BCUT2D eigenvalue weighted by Crippen LogP contribution is 2.34. The van der Waals surface area contributed by atoms with Gasteiger partial charge in [0.25, 0.3) is 0 Å². The average Bonchev–Trinajstić information content (AvgIpc) is 2.85. The van der Waals surface area contributed by atoms with Crippen LogP contribution in [0.3, 0.4) is 0 Å². The Hall–Kier alpha value is -2.80. The smallest absolute Gasteiger partial charge is 0.417 e. The van der Waals surface area contributed by atoms with E-state index < -0.39 is 11.7 Å². The molecule has 2 aliphatic rings. The van der Waals surface area contributed by atoms with Crippen molar-refractivity contribution in [2.45, 2.75) is 19.6 Å². The maximum atomic E-state index is 13.3. The van der Waals surface area contributed by atoms with Gasteiger partial charge in [-0.25, -0.2) is 0 Å². The van der Waals surface area contributed by atoms with Crippen LogP contribution in [0.5, 0.6) is 5.75 Å². The van der Waals surface area contributed by atoms with E-state index in [1.165, 1.54) is 11.6 Å². The first-order chi connectivity index (χ1) is 16.8. The van der Waals surface area contributed by atoms with Gasteiger partial charge in [-0.2, -0.15) is 18.4 Å². The number of halogens is 3. The minimum atomic E-state index is -4.54. The number of benzene rings is 2. The molecule has 0 saturated carbocycles. The minimum Gasteiger partial charge on any atom is -0.492 e. The number of rotatable bonds is 7. The lowest BCUT2D eigenvalue weighted by Gasteiger charge is -2.36. The SMILES string of the molecule is Cc1cc(CN2CCOCC2)ccc1OCCN1CCN(c2ccc(C#N)c(C(F)(F)F)c2)CC1. The predicted molar refractivity (Wildman–Crippen MR) is 128 cm³/mol. The minimum absolute atomic E-state index is 0.346. The van der Waals surface area contributed by atoms with E-state index >= 15 is 0 Å². The Morgan fingerprint density at radius 2 is 1.71 bits per heavy atom. The summed E-state index contributed by atoms with van der Waals surface area (Å²) in [6.45, 7) is 10.5. The number of nitrogens with zero attached hydrogens (tertiary/aromatic N) is 4. The second kappa shape index (κ2) is 11.3. The first-order valence-electron chi connectivity index (χ1n) is 11.9. The summed E-state index contributed by atoms with van der Waals surface area (Å²) >= 11 is 0. The number of alkyl halides is 3. The fraction of sp³-hybridized carbons (Fsp3) is 0.500. The Bertz CT molecular complexity index is 1040. The van der Waals surface area contributed by atoms with E-state index in [2.05, 4.69) is 28.9 Å². The summed E-state index contributed by atoms with van der Waals surface area (Å²) in [4.78, 5) is 6.58. The van der Waals surface area contributed by atoms with Crippen LogP contribution in [0.25, 0.3) is 0 Å². The van der Waals surface area contributed by atoms with Gasteiger partial charge in [0.15, 0.2) is 0 Å². The zero-order valence-corrected chi connectivity index (χ0v) is 20.0. The third-order valence-corrected chi connectivity index (χ3v) is 6.58. The average molecular weight is 489 g/mol. The standard InChI is InChI=1S/C26H31F3N4O2/c1-20-16-21(19-32-10-13-34-14-11-32)2-5-25(20)35-15-12-31-6-8-33(9-7-31)23-4-3-22(18-30)24(17-23)26(27,28)29/h2-5,16-17H,6-15,19H2,1H3. The van der Waals surface area contributed by atoms with E-state index in [-0.39, 0.29) is 5.56 Å². The van der Waals surface area contributed by atoms with Crippen LogP contribution < -0.4 is 9.64 Å². The van der Waals surface area contributed by atoms with Gasteiger partial charge in [0, 0.05) is 58.0 Å². The van der Waals surface area contributed by atoms with E-state index in [1.54, 1.807) is 12.1 Å². The number of nitriles is 1. The zero-order valence-electron chi connectivity index (χ0n) is 20.0. The van der Waals surface area contributed by atoms with Crippen LogP contribution in [0.4, 0.5) is 18.9 Å². The van der Waals surface area contributed by atoms with Crippen LogP contribution in [0, 0.1) is 18.3 Å². The summed E-state index contributed by atoms with van der Waals surface area (Å²) in [5.41, 5.74) is 1.66. The normalized spacial score (nSPS) is 17.9. The summed E-state index contributed by atoms with van der Waals surface area (Å²) in [5.74, 6) is 0.881. The van der Waals surface area contributed by atoms with E-state index in [1.807, 2.05) is 11.0 Å². The molecule has 0 unspecified atom stereocenters. The van der Waals surface area contributed by atoms with Crippen LogP contribution >= 0.6 is 0 Å². The van der Waals surface area contributed by atoms with Gasteiger partial charge in [-0.1, -0.05) is 12.1 Å². The lowest BCUT2D eigenvalue weighted by atomic mass is 10.1.